The standard InChI is InChI=1S/C16H20N2O3/c1-4-15(11-17-13-20-5-2)12-18(14(3)19)21-16-9-7-6-8-10-16/h4,6-12H,1,5,13H2,2-3H3/b15-12-,17-11+. The van der Waals surface area contributed by atoms with Gasteiger partial charge in [-0.2, -0.15) is 0 Å². The highest BCUT2D eigenvalue weighted by Gasteiger charge is 2.08. The molecule has 0 saturated carbocycles. The normalized spacial score (nSPS) is 11.4. The van der Waals surface area contributed by atoms with Crippen molar-refractivity contribution in [3.8, 4) is 5.75 Å². The summed E-state index contributed by atoms with van der Waals surface area (Å²) < 4.78 is 5.11. The van der Waals surface area contributed by atoms with Gasteiger partial charge < -0.3 is 9.57 Å². The number of para-hydroxylation sites is 1. The lowest BCUT2D eigenvalue weighted by molar-refractivity contribution is -0.145. The summed E-state index contributed by atoms with van der Waals surface area (Å²) in [6, 6.07) is 9.06. The van der Waals surface area contributed by atoms with Crippen molar-refractivity contribution in [1.82, 2.24) is 5.06 Å². The molecule has 0 aliphatic carbocycles. The van der Waals surface area contributed by atoms with E-state index in [9.17, 15) is 4.79 Å². The van der Waals surface area contributed by atoms with Crippen molar-refractivity contribution in [2.24, 2.45) is 4.99 Å². The monoisotopic (exact) mass is 288 g/mol. The zero-order chi connectivity index (χ0) is 15.5. The number of ether oxygens (including phenoxy) is 1. The van der Waals surface area contributed by atoms with Crippen LogP contribution < -0.4 is 4.84 Å². The second-order valence-electron chi connectivity index (χ2n) is 4.02. The zero-order valence-electron chi connectivity index (χ0n) is 12.4. The Morgan fingerprint density at radius 3 is 2.67 bits per heavy atom. The number of nitrogens with zero attached hydrogens (tertiary/aromatic N) is 2. The Morgan fingerprint density at radius 1 is 1.38 bits per heavy atom. The Bertz CT molecular complexity index is 510. The average molecular weight is 288 g/mol. The van der Waals surface area contributed by atoms with E-state index < -0.39 is 0 Å². The van der Waals surface area contributed by atoms with Gasteiger partial charge in [0.1, 0.15) is 6.73 Å². The van der Waals surface area contributed by atoms with E-state index >= 15 is 0 Å². The third-order valence-corrected chi connectivity index (χ3v) is 2.37. The molecule has 112 valence electrons. The lowest BCUT2D eigenvalue weighted by Crippen LogP contribution is -2.27. The van der Waals surface area contributed by atoms with E-state index in [0.29, 0.717) is 17.9 Å². The van der Waals surface area contributed by atoms with Crippen molar-refractivity contribution in [3.63, 3.8) is 0 Å². The van der Waals surface area contributed by atoms with Gasteiger partial charge in [-0.05, 0) is 19.1 Å². The summed E-state index contributed by atoms with van der Waals surface area (Å²) in [6.45, 7) is 7.86. The second-order valence-corrected chi connectivity index (χ2v) is 4.02. The molecule has 0 aliphatic rings. The van der Waals surface area contributed by atoms with E-state index in [0.717, 1.165) is 5.06 Å². The fraction of sp³-hybridized carbons (Fsp3) is 0.250. The van der Waals surface area contributed by atoms with Gasteiger partial charge in [-0.15, -0.1) is 5.06 Å². The summed E-state index contributed by atoms with van der Waals surface area (Å²) in [5.41, 5.74) is 0.640. The van der Waals surface area contributed by atoms with E-state index in [1.807, 2.05) is 25.1 Å². The SMILES string of the molecule is C=CC(=C/N(Oc1ccccc1)C(C)=O)/C=N/COCC. The van der Waals surface area contributed by atoms with E-state index in [1.165, 1.54) is 13.1 Å². The van der Waals surface area contributed by atoms with Crippen LogP contribution in [-0.4, -0.2) is 30.5 Å². The predicted molar refractivity (Wildman–Crippen MR) is 82.9 cm³/mol. The molecule has 0 spiro atoms. The van der Waals surface area contributed by atoms with Crippen molar-refractivity contribution >= 4 is 12.1 Å². The topological polar surface area (TPSA) is 51.1 Å². The van der Waals surface area contributed by atoms with Gasteiger partial charge in [0, 0.05) is 25.3 Å². The third-order valence-electron chi connectivity index (χ3n) is 2.37. The third kappa shape index (κ3) is 6.54. The summed E-state index contributed by atoms with van der Waals surface area (Å²) in [4.78, 5) is 21.2. The molecule has 0 N–H and O–H groups in total. The van der Waals surface area contributed by atoms with E-state index in [1.54, 1.807) is 24.4 Å². The molecule has 0 aromatic heterocycles. The summed E-state index contributed by atoms with van der Waals surface area (Å²) >= 11 is 0. The molecule has 1 amide bonds. The van der Waals surface area contributed by atoms with Gasteiger partial charge >= 0.3 is 0 Å². The van der Waals surface area contributed by atoms with Crippen molar-refractivity contribution < 1.29 is 14.4 Å². The van der Waals surface area contributed by atoms with Gasteiger partial charge in [-0.1, -0.05) is 30.9 Å². The van der Waals surface area contributed by atoms with Gasteiger partial charge in [-0.3, -0.25) is 9.79 Å². The van der Waals surface area contributed by atoms with Gasteiger partial charge in [-0.25, -0.2) is 0 Å². The molecular weight excluding hydrogens is 268 g/mol. The molecular formula is C16H20N2O3. The number of allylic oxidation sites excluding steroid dienone is 2. The number of amides is 1. The minimum atomic E-state index is -0.253. The van der Waals surface area contributed by atoms with Crippen LogP contribution in [0.4, 0.5) is 0 Å². The Kier molecular flexibility index (Phi) is 7.53. The summed E-state index contributed by atoms with van der Waals surface area (Å²) in [7, 11) is 0. The van der Waals surface area contributed by atoms with Gasteiger partial charge in [0.05, 0.1) is 6.20 Å². The first-order valence-corrected chi connectivity index (χ1v) is 6.62. The molecule has 0 unspecified atom stereocenters. The van der Waals surface area contributed by atoms with Crippen LogP contribution in [0.25, 0.3) is 0 Å². The van der Waals surface area contributed by atoms with Gasteiger partial charge in [0.25, 0.3) is 5.91 Å². The molecule has 0 saturated heterocycles. The molecule has 5 heteroatoms. The maximum atomic E-state index is 11.6. The molecule has 0 bridgehead atoms. The Morgan fingerprint density at radius 2 is 2.10 bits per heavy atom. The minimum absolute atomic E-state index is 0.253. The van der Waals surface area contributed by atoms with Crippen molar-refractivity contribution in [2.45, 2.75) is 13.8 Å². The van der Waals surface area contributed by atoms with Crippen LogP contribution in [0, 0.1) is 0 Å². The molecule has 0 atom stereocenters. The maximum absolute atomic E-state index is 11.6. The van der Waals surface area contributed by atoms with Crippen molar-refractivity contribution in [2.75, 3.05) is 13.3 Å². The number of benzene rings is 1. The fourth-order valence-corrected chi connectivity index (χ4v) is 1.34. The highest BCUT2D eigenvalue weighted by molar-refractivity contribution is 5.83. The zero-order valence-corrected chi connectivity index (χ0v) is 12.4. The van der Waals surface area contributed by atoms with E-state index in [-0.39, 0.29) is 12.6 Å². The number of carbonyl (C=O) groups excluding carboxylic acids is 1. The van der Waals surface area contributed by atoms with Crippen LogP contribution in [0.3, 0.4) is 0 Å². The molecule has 1 aromatic rings. The molecule has 0 heterocycles. The second kappa shape index (κ2) is 9.50. The highest BCUT2D eigenvalue weighted by Crippen LogP contribution is 2.12. The minimum Gasteiger partial charge on any atom is -0.372 e. The quantitative estimate of drug-likeness (QED) is 0.320. The fourth-order valence-electron chi connectivity index (χ4n) is 1.34. The average Bonchev–Trinajstić information content (AvgIpc) is 2.50. The first kappa shape index (κ1) is 16.7. The predicted octanol–water partition coefficient (Wildman–Crippen LogP) is 2.96. The summed E-state index contributed by atoms with van der Waals surface area (Å²) in [5.74, 6) is 0.315. The molecule has 21 heavy (non-hydrogen) atoms. The number of hydroxylamine groups is 2. The lowest BCUT2D eigenvalue weighted by Gasteiger charge is -2.17. The van der Waals surface area contributed by atoms with Crippen LogP contribution in [0.2, 0.25) is 0 Å². The van der Waals surface area contributed by atoms with Gasteiger partial charge in [0.15, 0.2) is 5.75 Å². The number of aliphatic imine (C=N–C) groups is 1. The van der Waals surface area contributed by atoms with Crippen molar-refractivity contribution in [1.29, 1.82) is 0 Å². The van der Waals surface area contributed by atoms with Gasteiger partial charge in [0.2, 0.25) is 0 Å². The lowest BCUT2D eigenvalue weighted by atomic mass is 10.3. The van der Waals surface area contributed by atoms with E-state index in [2.05, 4.69) is 11.6 Å². The summed E-state index contributed by atoms with van der Waals surface area (Å²) in [5, 5.41) is 1.14. The van der Waals surface area contributed by atoms with E-state index in [4.69, 9.17) is 9.57 Å². The number of hydrogen-bond donors (Lipinski definition) is 0. The van der Waals surface area contributed by atoms with Crippen LogP contribution in [0.15, 0.2) is 59.8 Å². The number of hydrogen-bond acceptors (Lipinski definition) is 4. The first-order chi connectivity index (χ1) is 10.2. The van der Waals surface area contributed by atoms with Crippen LogP contribution in [-0.2, 0) is 9.53 Å². The largest absolute Gasteiger partial charge is 0.372 e. The molecule has 1 aromatic carbocycles. The van der Waals surface area contributed by atoms with Crippen LogP contribution in [0.1, 0.15) is 13.8 Å². The Balaban J connectivity index is 2.78. The molecule has 5 nitrogen and oxygen atoms in total. The highest BCUT2D eigenvalue weighted by atomic mass is 16.7. The number of rotatable bonds is 8. The Labute approximate surface area is 125 Å². The molecule has 0 aliphatic heterocycles. The van der Waals surface area contributed by atoms with Crippen LogP contribution in [0.5, 0.6) is 5.75 Å². The van der Waals surface area contributed by atoms with Crippen LogP contribution >= 0.6 is 0 Å². The van der Waals surface area contributed by atoms with Crippen molar-refractivity contribution in [3.05, 3.63) is 54.8 Å². The Hall–Kier alpha value is -2.40. The summed E-state index contributed by atoms with van der Waals surface area (Å²) in [6.07, 6.45) is 4.68. The smallest absolute Gasteiger partial charge is 0.256 e. The number of carbonyl (C=O) groups is 1. The molecule has 0 fully saturated rings. The molecule has 1 rings (SSSR count). The first-order valence-electron chi connectivity index (χ1n) is 6.62. The maximum Gasteiger partial charge on any atom is 0.256 e. The molecule has 0 radical (unpaired) electrons.